The van der Waals surface area contributed by atoms with Gasteiger partial charge in [0.15, 0.2) is 33.1 Å². The third-order valence-corrected chi connectivity index (χ3v) is 9.49. The number of halogens is 2. The van der Waals surface area contributed by atoms with Crippen LogP contribution in [0, 0.1) is 11.6 Å². The lowest BCUT2D eigenvalue weighted by molar-refractivity contribution is -0.130. The Labute approximate surface area is 277 Å². The monoisotopic (exact) mass is 679 g/mol. The van der Waals surface area contributed by atoms with E-state index in [2.05, 4.69) is 10.9 Å². The molecule has 0 fully saturated rings. The molecule has 0 radical (unpaired) electrons. The van der Waals surface area contributed by atoms with Crippen molar-refractivity contribution in [2.24, 2.45) is 4.99 Å². The maximum absolute atomic E-state index is 14.3. The van der Waals surface area contributed by atoms with Gasteiger partial charge in [-0.1, -0.05) is 36.4 Å². The minimum atomic E-state index is -3.87. The molecule has 0 spiro atoms. The summed E-state index contributed by atoms with van der Waals surface area (Å²) in [6.45, 7) is 0.246. The lowest BCUT2D eigenvalue weighted by Gasteiger charge is -2.30. The van der Waals surface area contributed by atoms with Gasteiger partial charge in [0.25, 0.3) is 5.91 Å². The van der Waals surface area contributed by atoms with Crippen LogP contribution in [-0.2, 0) is 25.9 Å². The fraction of sp³-hybridized carbons (Fsp3) is 0.257. The number of carbonyl (C=O) groups is 1. The Bertz CT molecular complexity index is 1860. The molecular formula is C35H35F2N3O7S. The summed E-state index contributed by atoms with van der Waals surface area (Å²) in [7, 11) is -2.38. The van der Waals surface area contributed by atoms with E-state index in [9.17, 15) is 22.0 Å². The van der Waals surface area contributed by atoms with Crippen LogP contribution in [0.25, 0.3) is 0 Å². The molecule has 0 aromatic heterocycles. The van der Waals surface area contributed by atoms with Crippen molar-refractivity contribution in [3.05, 3.63) is 125 Å². The van der Waals surface area contributed by atoms with Crippen molar-refractivity contribution in [1.29, 1.82) is 0 Å². The molecule has 10 nitrogen and oxygen atoms in total. The Morgan fingerprint density at radius 3 is 2.44 bits per heavy atom. The first-order valence-corrected chi connectivity index (χ1v) is 16.8. The number of hydrazine groups is 1. The second-order valence-corrected chi connectivity index (χ2v) is 13.1. The van der Waals surface area contributed by atoms with E-state index >= 15 is 0 Å². The highest BCUT2D eigenvalue weighted by molar-refractivity contribution is 7.91. The second kappa shape index (κ2) is 15.4. The highest BCUT2D eigenvalue weighted by Crippen LogP contribution is 2.43. The van der Waals surface area contributed by atoms with E-state index in [-0.39, 0.29) is 30.4 Å². The molecule has 0 bridgehead atoms. The number of ether oxygens (including phenoxy) is 3. The lowest BCUT2D eigenvalue weighted by Crippen LogP contribution is -2.53. The summed E-state index contributed by atoms with van der Waals surface area (Å²) in [5.74, 6) is -2.07. The van der Waals surface area contributed by atoms with Gasteiger partial charge in [0, 0.05) is 31.6 Å². The number of aliphatic hydroxyl groups is 1. The topological polar surface area (TPSA) is 136 Å². The minimum absolute atomic E-state index is 0.00578. The van der Waals surface area contributed by atoms with E-state index in [1.165, 1.54) is 25.3 Å². The Kier molecular flexibility index (Phi) is 11.0. The molecule has 4 aromatic carbocycles. The van der Waals surface area contributed by atoms with Crippen molar-refractivity contribution in [3.8, 4) is 11.5 Å². The molecule has 5 rings (SSSR count). The molecule has 0 unspecified atom stereocenters. The van der Waals surface area contributed by atoms with Crippen LogP contribution in [0.15, 0.2) is 107 Å². The molecule has 0 saturated carbocycles. The third-order valence-electron chi connectivity index (χ3n) is 7.76. The van der Waals surface area contributed by atoms with Crippen LogP contribution < -0.4 is 20.3 Å². The van der Waals surface area contributed by atoms with Gasteiger partial charge in [-0.15, -0.1) is 0 Å². The maximum atomic E-state index is 14.3. The number of hydrogen-bond acceptors (Lipinski definition) is 9. The van der Waals surface area contributed by atoms with Crippen molar-refractivity contribution in [3.63, 3.8) is 0 Å². The molecule has 13 heteroatoms. The van der Waals surface area contributed by atoms with Gasteiger partial charge in [-0.05, 0) is 71.8 Å². The van der Waals surface area contributed by atoms with Crippen LogP contribution in [0.1, 0.15) is 35.6 Å². The smallest absolute Gasteiger partial charge is 0.266 e. The number of aliphatic hydroxyl groups excluding tert-OH is 1. The molecule has 4 aromatic rings. The molecule has 252 valence electrons. The Morgan fingerprint density at radius 2 is 1.73 bits per heavy atom. The van der Waals surface area contributed by atoms with Crippen molar-refractivity contribution >= 4 is 21.6 Å². The zero-order chi connectivity index (χ0) is 34.1. The number of nitrogens with one attached hydrogen (secondary N) is 2. The van der Waals surface area contributed by atoms with Crippen molar-refractivity contribution in [2.75, 3.05) is 26.1 Å². The number of nitrogens with zero attached hydrogens (tertiary/aromatic N) is 1. The quantitative estimate of drug-likeness (QED) is 0.122. The minimum Gasteiger partial charge on any atom is -0.497 e. The molecule has 0 aliphatic carbocycles. The second-order valence-electron chi connectivity index (χ2n) is 11.0. The van der Waals surface area contributed by atoms with Crippen LogP contribution in [0.2, 0.25) is 0 Å². The molecule has 1 amide bonds. The number of amides is 1. The van der Waals surface area contributed by atoms with Gasteiger partial charge in [-0.25, -0.2) is 27.6 Å². The van der Waals surface area contributed by atoms with Crippen molar-refractivity contribution in [1.82, 2.24) is 10.9 Å². The largest absolute Gasteiger partial charge is 0.497 e. The maximum Gasteiger partial charge on any atom is 0.266 e. The summed E-state index contributed by atoms with van der Waals surface area (Å²) in [5.41, 5.74) is 4.89. The average molecular weight is 680 g/mol. The molecular weight excluding hydrogens is 644 g/mol. The molecule has 1 aliphatic heterocycles. The molecule has 48 heavy (non-hydrogen) atoms. The zero-order valence-electron chi connectivity index (χ0n) is 26.1. The molecule has 0 saturated heterocycles. The number of benzene rings is 4. The summed E-state index contributed by atoms with van der Waals surface area (Å²) >= 11 is 0. The summed E-state index contributed by atoms with van der Waals surface area (Å²) in [5, 5.41) is 9.05. The standard InChI is InChI=1S/C35H35F2N3O7S/c1-45-28-8-5-7-26(22-28)32-35(17-20-48(43,44)29-9-3-2-4-10-29,34(42)40-38-23-24-11-16-30(36)31(37)21-24)39-33(47-32)25-12-14-27(15-13-25)46-19-6-18-41/h2-5,7-16,21-22,32,38,41H,6,17-20,23H2,1H3,(H,40,42)/t32-,35-/m0/s1. The summed E-state index contributed by atoms with van der Waals surface area (Å²) < 4.78 is 71.8. The van der Waals surface area contributed by atoms with Gasteiger partial charge in [0.1, 0.15) is 11.5 Å². The van der Waals surface area contributed by atoms with Crippen LogP contribution in [0.4, 0.5) is 8.78 Å². The van der Waals surface area contributed by atoms with Crippen LogP contribution in [0.5, 0.6) is 11.5 Å². The Morgan fingerprint density at radius 1 is 0.958 bits per heavy atom. The average Bonchev–Trinajstić information content (AvgIpc) is 3.51. The van der Waals surface area contributed by atoms with Gasteiger partial charge < -0.3 is 19.3 Å². The van der Waals surface area contributed by atoms with E-state index in [0.717, 1.165) is 12.1 Å². The van der Waals surface area contributed by atoms with Crippen molar-refractivity contribution in [2.45, 2.75) is 35.9 Å². The summed E-state index contributed by atoms with van der Waals surface area (Å²) in [6, 6.07) is 24.9. The number of sulfone groups is 1. The van der Waals surface area contributed by atoms with Crippen LogP contribution >= 0.6 is 0 Å². The number of carbonyl (C=O) groups excluding carboxylic acids is 1. The number of hydrogen-bond donors (Lipinski definition) is 3. The van der Waals surface area contributed by atoms with E-state index in [4.69, 9.17) is 24.3 Å². The summed E-state index contributed by atoms with van der Waals surface area (Å²) in [4.78, 5) is 19.2. The van der Waals surface area contributed by atoms with E-state index < -0.39 is 44.8 Å². The SMILES string of the molecule is COc1cccc([C@@H]2OC(c3ccc(OCCCO)cc3)=N[C@]2(CCS(=O)(=O)c2ccccc2)C(=O)NNCc2ccc(F)c(F)c2)c1. The highest BCUT2D eigenvalue weighted by atomic mass is 32.2. The van der Waals surface area contributed by atoms with Crippen LogP contribution in [0.3, 0.4) is 0 Å². The van der Waals surface area contributed by atoms with Gasteiger partial charge in [0.2, 0.25) is 5.90 Å². The number of rotatable bonds is 15. The van der Waals surface area contributed by atoms with Gasteiger partial charge in [0.05, 0.1) is 24.4 Å². The number of aliphatic imine (C=N–C) groups is 1. The molecule has 1 heterocycles. The first-order chi connectivity index (χ1) is 23.1. The normalized spacial score (nSPS) is 17.3. The first-order valence-electron chi connectivity index (χ1n) is 15.1. The molecule has 3 N–H and O–H groups in total. The van der Waals surface area contributed by atoms with E-state index in [1.807, 2.05) is 0 Å². The molecule has 1 aliphatic rings. The zero-order valence-corrected chi connectivity index (χ0v) is 26.9. The van der Waals surface area contributed by atoms with Gasteiger partial charge in [-0.2, -0.15) is 0 Å². The Hall–Kier alpha value is -4.85. The fourth-order valence-electron chi connectivity index (χ4n) is 5.19. The lowest BCUT2D eigenvalue weighted by atomic mass is 9.85. The number of methoxy groups -OCH3 is 1. The van der Waals surface area contributed by atoms with E-state index in [1.54, 1.807) is 66.7 Å². The predicted molar refractivity (Wildman–Crippen MR) is 174 cm³/mol. The highest BCUT2D eigenvalue weighted by Gasteiger charge is 2.53. The predicted octanol–water partition coefficient (Wildman–Crippen LogP) is 4.68. The third kappa shape index (κ3) is 7.98. The van der Waals surface area contributed by atoms with Crippen molar-refractivity contribution < 1.29 is 41.3 Å². The Balaban J connectivity index is 1.52. The van der Waals surface area contributed by atoms with Crippen LogP contribution in [-0.4, -0.2) is 56.9 Å². The van der Waals surface area contributed by atoms with E-state index in [0.29, 0.717) is 41.2 Å². The van der Waals surface area contributed by atoms with Gasteiger partial charge in [-0.3, -0.25) is 10.2 Å². The fourth-order valence-corrected chi connectivity index (χ4v) is 6.58. The first kappa shape index (κ1) is 34.5. The van der Waals surface area contributed by atoms with Gasteiger partial charge >= 0.3 is 0 Å². The molecule has 2 atom stereocenters. The summed E-state index contributed by atoms with van der Waals surface area (Å²) in [6.07, 6.45) is -0.913.